The van der Waals surface area contributed by atoms with Crippen molar-refractivity contribution < 1.29 is 19.5 Å². The molecule has 18 heavy (non-hydrogen) atoms. The Balaban J connectivity index is 3.00. The molecule has 0 aliphatic rings. The predicted octanol–water partition coefficient (Wildman–Crippen LogP) is 1.06. The van der Waals surface area contributed by atoms with Gasteiger partial charge < -0.3 is 5.11 Å². The lowest BCUT2D eigenvalue weighted by Gasteiger charge is -2.20. The zero-order chi connectivity index (χ0) is 13.7. The number of thiol groups is 1. The Morgan fingerprint density at radius 3 is 2.28 bits per heavy atom. The number of hydrogen-bond acceptors (Lipinski definition) is 4. The minimum Gasteiger partial charge on any atom is -0.480 e. The summed E-state index contributed by atoms with van der Waals surface area (Å²) in [6, 6.07) is 8.05. The molecule has 1 unspecified atom stereocenters. The molecule has 6 heteroatoms. The molecule has 1 N–H and O–H groups in total. The second-order valence-corrected chi connectivity index (χ2v) is 4.44. The number of carbonyl (C=O) groups is 3. The number of amides is 2. The summed E-state index contributed by atoms with van der Waals surface area (Å²) in [4.78, 5) is 35.2. The van der Waals surface area contributed by atoms with Crippen LogP contribution in [-0.4, -0.2) is 39.6 Å². The summed E-state index contributed by atoms with van der Waals surface area (Å²) in [5.41, 5.74) is 0.265. The topological polar surface area (TPSA) is 74.7 Å². The first-order valence-electron chi connectivity index (χ1n) is 5.24. The molecule has 1 aromatic rings. The average Bonchev–Trinajstić information content (AvgIpc) is 2.35. The Morgan fingerprint density at radius 1 is 1.28 bits per heavy atom. The highest BCUT2D eigenvalue weighted by Crippen LogP contribution is 2.08. The van der Waals surface area contributed by atoms with E-state index in [2.05, 4.69) is 12.6 Å². The zero-order valence-electron chi connectivity index (χ0n) is 9.74. The van der Waals surface area contributed by atoms with Crippen LogP contribution in [0.1, 0.15) is 17.3 Å². The maximum Gasteiger partial charge on any atom is 0.323 e. The van der Waals surface area contributed by atoms with Gasteiger partial charge >= 0.3 is 5.97 Å². The van der Waals surface area contributed by atoms with Crippen molar-refractivity contribution in [3.8, 4) is 0 Å². The van der Waals surface area contributed by atoms with E-state index in [4.69, 9.17) is 5.11 Å². The molecule has 2 amide bonds. The molecule has 0 aliphatic heterocycles. The van der Waals surface area contributed by atoms with E-state index in [0.717, 1.165) is 0 Å². The van der Waals surface area contributed by atoms with Crippen molar-refractivity contribution in [1.29, 1.82) is 0 Å². The molecule has 1 rings (SSSR count). The smallest absolute Gasteiger partial charge is 0.323 e. The zero-order valence-corrected chi connectivity index (χ0v) is 10.6. The van der Waals surface area contributed by atoms with Crippen LogP contribution in [0.2, 0.25) is 0 Å². The van der Waals surface area contributed by atoms with Crippen molar-refractivity contribution >= 4 is 30.4 Å². The third kappa shape index (κ3) is 3.59. The number of carboxylic acid groups (broad SMARTS) is 1. The molecule has 0 bridgehead atoms. The highest BCUT2D eigenvalue weighted by Gasteiger charge is 2.27. The van der Waals surface area contributed by atoms with Crippen LogP contribution in [-0.2, 0) is 9.59 Å². The molecule has 0 saturated heterocycles. The molecular weight excluding hydrogens is 254 g/mol. The molecule has 0 radical (unpaired) electrons. The van der Waals surface area contributed by atoms with E-state index in [-0.39, 0.29) is 5.56 Å². The minimum atomic E-state index is -1.25. The lowest BCUT2D eigenvalue weighted by Crippen LogP contribution is -2.43. The molecule has 0 spiro atoms. The van der Waals surface area contributed by atoms with Gasteiger partial charge in [-0.05, 0) is 19.1 Å². The van der Waals surface area contributed by atoms with Crippen molar-refractivity contribution in [3.05, 3.63) is 35.9 Å². The number of nitrogens with zero attached hydrogens (tertiary/aromatic N) is 1. The molecule has 0 aliphatic carbocycles. The van der Waals surface area contributed by atoms with E-state index in [9.17, 15) is 14.4 Å². The van der Waals surface area contributed by atoms with Crippen LogP contribution in [0.4, 0.5) is 0 Å². The molecule has 0 fully saturated rings. The molecule has 1 aromatic carbocycles. The van der Waals surface area contributed by atoms with E-state index in [1.54, 1.807) is 18.2 Å². The van der Waals surface area contributed by atoms with Crippen LogP contribution in [0.5, 0.6) is 0 Å². The van der Waals surface area contributed by atoms with E-state index < -0.39 is 29.6 Å². The van der Waals surface area contributed by atoms with Gasteiger partial charge in [0.05, 0.1) is 5.25 Å². The van der Waals surface area contributed by atoms with E-state index in [1.165, 1.54) is 19.1 Å². The molecule has 96 valence electrons. The van der Waals surface area contributed by atoms with E-state index in [0.29, 0.717) is 4.90 Å². The Morgan fingerprint density at radius 2 is 1.83 bits per heavy atom. The number of aliphatic carboxylic acids is 1. The minimum absolute atomic E-state index is 0.265. The Labute approximate surface area is 110 Å². The van der Waals surface area contributed by atoms with Crippen LogP contribution in [0.15, 0.2) is 30.3 Å². The normalized spacial score (nSPS) is 11.7. The Bertz CT molecular complexity index is 458. The number of rotatable bonds is 4. The van der Waals surface area contributed by atoms with Crippen molar-refractivity contribution in [2.45, 2.75) is 12.2 Å². The van der Waals surface area contributed by atoms with Gasteiger partial charge in [0.25, 0.3) is 5.91 Å². The number of carboxylic acids is 1. The fraction of sp³-hybridized carbons (Fsp3) is 0.250. The third-order valence-electron chi connectivity index (χ3n) is 2.18. The molecular formula is C12H13NO4S. The molecule has 0 aromatic heterocycles. The van der Waals surface area contributed by atoms with Gasteiger partial charge in [-0.15, -0.1) is 0 Å². The maximum absolute atomic E-state index is 12.0. The summed E-state index contributed by atoms with van der Waals surface area (Å²) < 4.78 is 0. The van der Waals surface area contributed by atoms with Crippen molar-refractivity contribution in [3.63, 3.8) is 0 Å². The highest BCUT2D eigenvalue weighted by atomic mass is 32.1. The van der Waals surface area contributed by atoms with Crippen LogP contribution >= 0.6 is 12.6 Å². The van der Waals surface area contributed by atoms with Gasteiger partial charge in [-0.25, -0.2) is 0 Å². The van der Waals surface area contributed by atoms with Crippen LogP contribution in [0.3, 0.4) is 0 Å². The first-order valence-corrected chi connectivity index (χ1v) is 5.75. The monoisotopic (exact) mass is 267 g/mol. The quantitative estimate of drug-likeness (QED) is 0.800. The summed E-state index contributed by atoms with van der Waals surface area (Å²) >= 11 is 3.93. The third-order valence-corrected chi connectivity index (χ3v) is 2.40. The summed E-state index contributed by atoms with van der Waals surface area (Å²) in [6.45, 7) is 0.816. The standard InChI is InChI=1S/C12H13NO4S/c1-8(18)11(16)13(7-10(14)15)12(17)9-5-3-2-4-6-9/h2-6,8,18H,7H2,1H3,(H,14,15). The molecule has 1 atom stereocenters. The van der Waals surface area contributed by atoms with Gasteiger partial charge in [0, 0.05) is 5.56 Å². The largest absolute Gasteiger partial charge is 0.480 e. The van der Waals surface area contributed by atoms with Gasteiger partial charge in [0.1, 0.15) is 6.54 Å². The summed E-state index contributed by atoms with van der Waals surface area (Å²) in [7, 11) is 0. The highest BCUT2D eigenvalue weighted by molar-refractivity contribution is 7.81. The SMILES string of the molecule is CC(S)C(=O)N(CC(=O)O)C(=O)c1ccccc1. The van der Waals surface area contributed by atoms with Crippen LogP contribution < -0.4 is 0 Å². The number of hydrogen-bond donors (Lipinski definition) is 2. The molecule has 0 heterocycles. The van der Waals surface area contributed by atoms with Gasteiger partial charge in [0.15, 0.2) is 0 Å². The van der Waals surface area contributed by atoms with Crippen molar-refractivity contribution in [2.24, 2.45) is 0 Å². The first kappa shape index (κ1) is 14.2. The van der Waals surface area contributed by atoms with Gasteiger partial charge in [-0.1, -0.05) is 18.2 Å². The average molecular weight is 267 g/mol. The van der Waals surface area contributed by atoms with Gasteiger partial charge in [0.2, 0.25) is 5.91 Å². The molecule has 5 nitrogen and oxygen atoms in total. The van der Waals surface area contributed by atoms with Gasteiger partial charge in [-0.3, -0.25) is 19.3 Å². The van der Waals surface area contributed by atoms with E-state index >= 15 is 0 Å². The number of imide groups is 1. The summed E-state index contributed by atoms with van der Waals surface area (Å²) in [6.07, 6.45) is 0. The summed E-state index contributed by atoms with van der Waals surface area (Å²) in [5.74, 6) is -2.51. The lowest BCUT2D eigenvalue weighted by molar-refractivity contribution is -0.142. The number of benzene rings is 1. The summed E-state index contributed by atoms with van der Waals surface area (Å²) in [5, 5.41) is 8.00. The Hall–Kier alpha value is -1.82. The van der Waals surface area contributed by atoms with Crippen LogP contribution in [0.25, 0.3) is 0 Å². The second kappa shape index (κ2) is 6.20. The Kier molecular flexibility index (Phi) is 4.91. The maximum atomic E-state index is 12.0. The fourth-order valence-corrected chi connectivity index (χ4v) is 1.49. The molecule has 0 saturated carbocycles. The van der Waals surface area contributed by atoms with Crippen LogP contribution in [0, 0.1) is 0 Å². The lowest BCUT2D eigenvalue weighted by atomic mass is 10.2. The van der Waals surface area contributed by atoms with Crippen molar-refractivity contribution in [2.75, 3.05) is 6.54 Å². The van der Waals surface area contributed by atoms with Crippen molar-refractivity contribution in [1.82, 2.24) is 4.90 Å². The second-order valence-electron chi connectivity index (χ2n) is 3.67. The predicted molar refractivity (Wildman–Crippen MR) is 68.6 cm³/mol. The van der Waals surface area contributed by atoms with Gasteiger partial charge in [-0.2, -0.15) is 12.6 Å². The van der Waals surface area contributed by atoms with E-state index in [1.807, 2.05) is 0 Å². The first-order chi connectivity index (χ1) is 8.43. The fourth-order valence-electron chi connectivity index (χ4n) is 1.35. The number of carbonyl (C=O) groups excluding carboxylic acids is 2.